The molecule has 1 rings (SSSR count). The molecule has 0 aromatic heterocycles. The highest BCUT2D eigenvalue weighted by Gasteiger charge is 2.16. The van der Waals surface area contributed by atoms with E-state index >= 15 is 0 Å². The lowest BCUT2D eigenvalue weighted by molar-refractivity contribution is 0.544. The molecule has 0 fully saturated rings. The molecule has 6 heteroatoms. The standard InChI is InChI=1S/C11H15BrClNO2S/c1-9(3-2-8-13)14-17(15,16)11-6-4-10(12)5-7-11/h4-7,9,14H,2-3,8H2,1H3. The summed E-state index contributed by atoms with van der Waals surface area (Å²) in [6, 6.07) is 6.44. The van der Waals surface area contributed by atoms with E-state index in [4.69, 9.17) is 11.6 Å². The minimum Gasteiger partial charge on any atom is -0.208 e. The molecule has 1 aromatic carbocycles. The van der Waals surface area contributed by atoms with E-state index < -0.39 is 10.0 Å². The zero-order valence-electron chi connectivity index (χ0n) is 9.49. The first-order valence-corrected chi connectivity index (χ1v) is 8.10. The van der Waals surface area contributed by atoms with Gasteiger partial charge in [-0.25, -0.2) is 13.1 Å². The van der Waals surface area contributed by atoms with Gasteiger partial charge in [0.2, 0.25) is 10.0 Å². The third-order valence-electron chi connectivity index (χ3n) is 2.25. The topological polar surface area (TPSA) is 46.2 Å². The molecule has 0 spiro atoms. The fourth-order valence-electron chi connectivity index (χ4n) is 1.39. The quantitative estimate of drug-likeness (QED) is 0.809. The zero-order valence-corrected chi connectivity index (χ0v) is 12.6. The average Bonchev–Trinajstić information content (AvgIpc) is 2.26. The molecule has 0 saturated carbocycles. The Bertz CT molecular complexity index is 447. The monoisotopic (exact) mass is 339 g/mol. The van der Waals surface area contributed by atoms with E-state index in [1.807, 2.05) is 6.92 Å². The highest BCUT2D eigenvalue weighted by atomic mass is 79.9. The molecule has 0 bridgehead atoms. The summed E-state index contributed by atoms with van der Waals surface area (Å²) in [6.45, 7) is 1.84. The van der Waals surface area contributed by atoms with Crippen LogP contribution >= 0.6 is 27.5 Å². The van der Waals surface area contributed by atoms with Crippen molar-refractivity contribution in [3.8, 4) is 0 Å². The molecule has 0 amide bonds. The molecule has 1 N–H and O–H groups in total. The van der Waals surface area contributed by atoms with Crippen molar-refractivity contribution in [3.63, 3.8) is 0 Å². The number of benzene rings is 1. The Hall–Kier alpha value is -0.100. The van der Waals surface area contributed by atoms with E-state index in [9.17, 15) is 8.42 Å². The zero-order chi connectivity index (χ0) is 12.9. The third kappa shape index (κ3) is 4.95. The molecule has 96 valence electrons. The van der Waals surface area contributed by atoms with Gasteiger partial charge < -0.3 is 0 Å². The highest BCUT2D eigenvalue weighted by Crippen LogP contribution is 2.15. The molecule has 0 aliphatic heterocycles. The normalized spacial score (nSPS) is 13.6. The maximum Gasteiger partial charge on any atom is 0.240 e. The van der Waals surface area contributed by atoms with Gasteiger partial charge in [-0.15, -0.1) is 11.6 Å². The summed E-state index contributed by atoms with van der Waals surface area (Å²) in [5.41, 5.74) is 0. The van der Waals surface area contributed by atoms with Gasteiger partial charge in [0, 0.05) is 16.4 Å². The lowest BCUT2D eigenvalue weighted by Crippen LogP contribution is -2.32. The second-order valence-corrected chi connectivity index (χ2v) is 6.82. The van der Waals surface area contributed by atoms with E-state index in [0.29, 0.717) is 5.88 Å². The Morgan fingerprint density at radius 1 is 1.35 bits per heavy atom. The fourth-order valence-corrected chi connectivity index (χ4v) is 3.09. The van der Waals surface area contributed by atoms with Gasteiger partial charge in [-0.05, 0) is 44.0 Å². The summed E-state index contributed by atoms with van der Waals surface area (Å²) in [5, 5.41) is 0. The van der Waals surface area contributed by atoms with Crippen LogP contribution in [0.1, 0.15) is 19.8 Å². The molecule has 1 atom stereocenters. The van der Waals surface area contributed by atoms with Crippen LogP contribution in [0.5, 0.6) is 0 Å². The van der Waals surface area contributed by atoms with Gasteiger partial charge >= 0.3 is 0 Å². The lowest BCUT2D eigenvalue weighted by Gasteiger charge is -2.13. The van der Waals surface area contributed by atoms with E-state index in [1.165, 1.54) is 0 Å². The number of hydrogen-bond donors (Lipinski definition) is 1. The van der Waals surface area contributed by atoms with Crippen molar-refractivity contribution in [3.05, 3.63) is 28.7 Å². The number of halogens is 2. The van der Waals surface area contributed by atoms with E-state index in [2.05, 4.69) is 20.7 Å². The SMILES string of the molecule is CC(CCCCl)NS(=O)(=O)c1ccc(Br)cc1. The van der Waals surface area contributed by atoms with Crippen LogP contribution in [0.3, 0.4) is 0 Å². The van der Waals surface area contributed by atoms with Crippen molar-refractivity contribution in [1.82, 2.24) is 4.72 Å². The minimum atomic E-state index is -3.42. The number of rotatable bonds is 6. The second-order valence-electron chi connectivity index (χ2n) is 3.81. The number of sulfonamides is 1. The number of nitrogens with one attached hydrogen (secondary N) is 1. The molecular weight excluding hydrogens is 326 g/mol. The molecule has 17 heavy (non-hydrogen) atoms. The summed E-state index contributed by atoms with van der Waals surface area (Å²) >= 11 is 8.84. The largest absolute Gasteiger partial charge is 0.240 e. The summed E-state index contributed by atoms with van der Waals surface area (Å²) in [7, 11) is -3.42. The van der Waals surface area contributed by atoms with Crippen LogP contribution in [0, 0.1) is 0 Å². The molecule has 1 aromatic rings. The van der Waals surface area contributed by atoms with Crippen molar-refractivity contribution >= 4 is 37.6 Å². The fraction of sp³-hybridized carbons (Fsp3) is 0.455. The van der Waals surface area contributed by atoms with E-state index in [-0.39, 0.29) is 10.9 Å². The predicted molar refractivity (Wildman–Crippen MR) is 73.9 cm³/mol. The predicted octanol–water partition coefficient (Wildman–Crippen LogP) is 3.13. The van der Waals surface area contributed by atoms with Gasteiger partial charge in [0.1, 0.15) is 0 Å². The van der Waals surface area contributed by atoms with Crippen LogP contribution in [0.25, 0.3) is 0 Å². The highest BCUT2D eigenvalue weighted by molar-refractivity contribution is 9.10. The van der Waals surface area contributed by atoms with Gasteiger partial charge in [-0.2, -0.15) is 0 Å². The maximum absolute atomic E-state index is 12.0. The van der Waals surface area contributed by atoms with Crippen LogP contribution in [0.15, 0.2) is 33.6 Å². The van der Waals surface area contributed by atoms with Crippen molar-refractivity contribution < 1.29 is 8.42 Å². The van der Waals surface area contributed by atoms with Crippen molar-refractivity contribution in [2.45, 2.75) is 30.7 Å². The van der Waals surface area contributed by atoms with Crippen LogP contribution < -0.4 is 4.72 Å². The molecular formula is C11H15BrClNO2S. The van der Waals surface area contributed by atoms with Crippen molar-refractivity contribution in [1.29, 1.82) is 0 Å². The Labute approximate surface area is 116 Å². The van der Waals surface area contributed by atoms with Gasteiger partial charge in [-0.3, -0.25) is 0 Å². The van der Waals surface area contributed by atoms with Gasteiger partial charge in [0.15, 0.2) is 0 Å². The Morgan fingerprint density at radius 2 is 1.94 bits per heavy atom. The first kappa shape index (κ1) is 15.0. The second kappa shape index (κ2) is 6.73. The molecule has 0 saturated heterocycles. The first-order chi connectivity index (χ1) is 7.95. The van der Waals surface area contributed by atoms with Gasteiger partial charge in [0.25, 0.3) is 0 Å². The Kier molecular flexibility index (Phi) is 5.92. The maximum atomic E-state index is 12.0. The first-order valence-electron chi connectivity index (χ1n) is 5.29. The average molecular weight is 341 g/mol. The molecule has 0 heterocycles. The number of hydrogen-bond acceptors (Lipinski definition) is 2. The van der Waals surface area contributed by atoms with Crippen molar-refractivity contribution in [2.75, 3.05) is 5.88 Å². The lowest BCUT2D eigenvalue weighted by atomic mass is 10.2. The number of alkyl halides is 1. The molecule has 0 aliphatic rings. The molecule has 0 radical (unpaired) electrons. The minimum absolute atomic E-state index is 0.109. The Balaban J connectivity index is 2.71. The van der Waals surface area contributed by atoms with E-state index in [1.54, 1.807) is 24.3 Å². The third-order valence-corrected chi connectivity index (χ3v) is 4.65. The van der Waals surface area contributed by atoms with Gasteiger partial charge in [0.05, 0.1) is 4.90 Å². The van der Waals surface area contributed by atoms with Crippen LogP contribution in [-0.4, -0.2) is 20.3 Å². The van der Waals surface area contributed by atoms with Crippen LogP contribution in [-0.2, 0) is 10.0 Å². The van der Waals surface area contributed by atoms with Crippen LogP contribution in [0.2, 0.25) is 0 Å². The molecule has 3 nitrogen and oxygen atoms in total. The Morgan fingerprint density at radius 3 is 2.47 bits per heavy atom. The molecule has 1 unspecified atom stereocenters. The van der Waals surface area contributed by atoms with Crippen LogP contribution in [0.4, 0.5) is 0 Å². The van der Waals surface area contributed by atoms with Crippen molar-refractivity contribution in [2.24, 2.45) is 0 Å². The van der Waals surface area contributed by atoms with Gasteiger partial charge in [-0.1, -0.05) is 15.9 Å². The smallest absolute Gasteiger partial charge is 0.208 e. The summed E-state index contributed by atoms with van der Waals surface area (Å²) in [6.07, 6.45) is 1.53. The van der Waals surface area contributed by atoms with E-state index in [0.717, 1.165) is 17.3 Å². The molecule has 0 aliphatic carbocycles. The summed E-state index contributed by atoms with van der Waals surface area (Å²) in [5.74, 6) is 0.546. The summed E-state index contributed by atoms with van der Waals surface area (Å²) in [4.78, 5) is 0.276. The summed E-state index contributed by atoms with van der Waals surface area (Å²) < 4.78 is 27.4.